The third kappa shape index (κ3) is 2.77. The maximum absolute atomic E-state index is 12.5. The molecule has 1 aromatic carbocycles. The number of benzene rings is 1. The molecule has 0 fully saturated rings. The van der Waals surface area contributed by atoms with E-state index < -0.39 is 6.10 Å². The van der Waals surface area contributed by atoms with E-state index >= 15 is 0 Å². The van der Waals surface area contributed by atoms with Crippen molar-refractivity contribution >= 4 is 49.2 Å². The molecule has 4 rings (SSSR count). The molecule has 0 aliphatic carbocycles. The third-order valence-corrected chi connectivity index (χ3v) is 4.64. The van der Waals surface area contributed by atoms with E-state index in [4.69, 9.17) is 4.52 Å². The van der Waals surface area contributed by atoms with Gasteiger partial charge in [0.15, 0.2) is 5.82 Å². The van der Waals surface area contributed by atoms with Crippen molar-refractivity contribution in [2.75, 3.05) is 5.32 Å². The van der Waals surface area contributed by atoms with Gasteiger partial charge in [0.05, 0.1) is 17.0 Å². The van der Waals surface area contributed by atoms with E-state index in [1.54, 1.807) is 19.9 Å². The van der Waals surface area contributed by atoms with Gasteiger partial charge in [-0.1, -0.05) is 21.1 Å². The summed E-state index contributed by atoms with van der Waals surface area (Å²) in [5.41, 5.74) is 0.724. The Kier molecular flexibility index (Phi) is 4.01. The molecule has 0 aliphatic rings. The Morgan fingerprint density at radius 1 is 1.31 bits per heavy atom. The van der Waals surface area contributed by atoms with Gasteiger partial charge in [-0.2, -0.15) is 0 Å². The number of aliphatic hydroxyl groups is 1. The molecule has 0 saturated heterocycles. The Labute approximate surface area is 156 Å². The minimum Gasteiger partial charge on any atom is -0.389 e. The second kappa shape index (κ2) is 6.22. The normalized spacial score (nSPS) is 12.6. The van der Waals surface area contributed by atoms with Crippen LogP contribution < -0.4 is 10.9 Å². The molecule has 0 spiro atoms. The Balaban J connectivity index is 2.10. The molecule has 0 amide bonds. The van der Waals surface area contributed by atoms with E-state index in [-0.39, 0.29) is 5.56 Å². The summed E-state index contributed by atoms with van der Waals surface area (Å²) in [6.07, 6.45) is 0.713. The van der Waals surface area contributed by atoms with Gasteiger partial charge in [-0.3, -0.25) is 4.79 Å². The standard InChI is InChI=1S/C18H15BrN4O3/c1-8-5-14(23-26-8)21-17-11-4-3-10(19)6-12(11)15-16(22-17)13(9(2)24)7-20-18(15)25/h3-7,9,24H,1-2H3,(H,20,25)(H,21,22,23)/t9-/m0/s1. The molecule has 0 bridgehead atoms. The molecular formula is C18H15BrN4O3. The van der Waals surface area contributed by atoms with E-state index in [9.17, 15) is 9.90 Å². The van der Waals surface area contributed by atoms with E-state index in [1.165, 1.54) is 6.20 Å². The number of anilines is 2. The van der Waals surface area contributed by atoms with Crippen molar-refractivity contribution < 1.29 is 9.63 Å². The Bertz CT molecular complexity index is 1200. The number of fused-ring (bicyclic) bond motifs is 3. The van der Waals surface area contributed by atoms with Crippen molar-refractivity contribution in [3.63, 3.8) is 0 Å². The molecule has 8 heteroatoms. The smallest absolute Gasteiger partial charge is 0.258 e. The molecule has 132 valence electrons. The van der Waals surface area contributed by atoms with Gasteiger partial charge >= 0.3 is 0 Å². The molecule has 0 unspecified atom stereocenters. The van der Waals surface area contributed by atoms with Gasteiger partial charge in [-0.05, 0) is 32.0 Å². The lowest BCUT2D eigenvalue weighted by molar-refractivity contribution is 0.200. The Morgan fingerprint density at radius 2 is 2.12 bits per heavy atom. The second-order valence-electron chi connectivity index (χ2n) is 6.07. The molecule has 7 nitrogen and oxygen atoms in total. The SMILES string of the molecule is Cc1cc(Nc2nc3c([C@H](C)O)c[nH]c(=O)c3c3cc(Br)ccc23)no1. The number of aliphatic hydroxyl groups excluding tert-OH is 1. The fourth-order valence-corrected chi connectivity index (χ4v) is 3.33. The number of H-pyrrole nitrogens is 1. The molecule has 0 aliphatic heterocycles. The highest BCUT2D eigenvalue weighted by Gasteiger charge is 2.17. The summed E-state index contributed by atoms with van der Waals surface area (Å²) < 4.78 is 5.93. The van der Waals surface area contributed by atoms with Crippen molar-refractivity contribution in [3.8, 4) is 0 Å². The summed E-state index contributed by atoms with van der Waals surface area (Å²) in [6.45, 7) is 3.43. The largest absolute Gasteiger partial charge is 0.389 e. The Hall–Kier alpha value is -2.71. The zero-order chi connectivity index (χ0) is 18.4. The van der Waals surface area contributed by atoms with Crippen molar-refractivity contribution in [3.05, 3.63) is 56.6 Å². The molecule has 0 saturated carbocycles. The monoisotopic (exact) mass is 414 g/mol. The third-order valence-electron chi connectivity index (χ3n) is 4.15. The van der Waals surface area contributed by atoms with Gasteiger partial charge in [-0.25, -0.2) is 4.98 Å². The number of nitrogens with zero attached hydrogens (tertiary/aromatic N) is 2. The van der Waals surface area contributed by atoms with Crippen LogP contribution >= 0.6 is 15.9 Å². The summed E-state index contributed by atoms with van der Waals surface area (Å²) >= 11 is 3.46. The van der Waals surface area contributed by atoms with Gasteiger partial charge in [0.1, 0.15) is 11.6 Å². The van der Waals surface area contributed by atoms with Crippen molar-refractivity contribution in [1.82, 2.24) is 15.1 Å². The van der Waals surface area contributed by atoms with Crippen LogP contribution in [-0.2, 0) is 0 Å². The number of rotatable bonds is 3. The molecule has 4 aromatic rings. The number of halogens is 1. The van der Waals surface area contributed by atoms with Crippen LogP contribution in [-0.4, -0.2) is 20.2 Å². The number of pyridine rings is 2. The first-order valence-corrected chi connectivity index (χ1v) is 8.76. The minimum absolute atomic E-state index is 0.260. The second-order valence-corrected chi connectivity index (χ2v) is 6.99. The predicted molar refractivity (Wildman–Crippen MR) is 103 cm³/mol. The number of aromatic amines is 1. The zero-order valence-electron chi connectivity index (χ0n) is 14.0. The van der Waals surface area contributed by atoms with Crippen LogP contribution in [0.5, 0.6) is 0 Å². The minimum atomic E-state index is -0.784. The van der Waals surface area contributed by atoms with Gasteiger partial charge in [0, 0.05) is 33.1 Å². The molecule has 1 atom stereocenters. The molecule has 3 N–H and O–H groups in total. The van der Waals surface area contributed by atoms with Crippen molar-refractivity contribution in [1.29, 1.82) is 0 Å². The topological polar surface area (TPSA) is 104 Å². The van der Waals surface area contributed by atoms with Crippen LogP contribution in [0, 0.1) is 6.92 Å². The summed E-state index contributed by atoms with van der Waals surface area (Å²) in [5, 5.41) is 19.1. The van der Waals surface area contributed by atoms with Crippen molar-refractivity contribution in [2.24, 2.45) is 0 Å². The lowest BCUT2D eigenvalue weighted by Crippen LogP contribution is -2.11. The van der Waals surface area contributed by atoms with Crippen LogP contribution in [0.4, 0.5) is 11.6 Å². The van der Waals surface area contributed by atoms with Gasteiger partial charge in [-0.15, -0.1) is 0 Å². The molecule has 3 aromatic heterocycles. The number of nitrogens with one attached hydrogen (secondary N) is 2. The number of hydrogen-bond acceptors (Lipinski definition) is 6. The summed E-state index contributed by atoms with van der Waals surface area (Å²) in [5.74, 6) is 1.71. The first-order chi connectivity index (χ1) is 12.4. The van der Waals surface area contributed by atoms with Gasteiger partial charge < -0.3 is 19.9 Å². The predicted octanol–water partition coefficient (Wildman–Crippen LogP) is 3.93. The lowest BCUT2D eigenvalue weighted by atomic mass is 10.0. The maximum atomic E-state index is 12.5. The average molecular weight is 415 g/mol. The number of aromatic nitrogens is 3. The molecule has 0 radical (unpaired) electrons. The lowest BCUT2D eigenvalue weighted by Gasteiger charge is -2.13. The maximum Gasteiger partial charge on any atom is 0.258 e. The van der Waals surface area contributed by atoms with Gasteiger partial charge in [0.2, 0.25) is 0 Å². The highest BCUT2D eigenvalue weighted by molar-refractivity contribution is 9.10. The van der Waals surface area contributed by atoms with Crippen LogP contribution in [0.3, 0.4) is 0 Å². The number of aryl methyl sites for hydroxylation is 1. The highest BCUT2D eigenvalue weighted by Crippen LogP contribution is 2.33. The number of hydrogen-bond donors (Lipinski definition) is 3. The Morgan fingerprint density at radius 3 is 2.81 bits per heavy atom. The highest BCUT2D eigenvalue weighted by atomic mass is 79.9. The van der Waals surface area contributed by atoms with E-state index in [0.29, 0.717) is 33.9 Å². The molecular weight excluding hydrogens is 400 g/mol. The van der Waals surface area contributed by atoms with Crippen LogP contribution in [0.15, 0.2) is 44.3 Å². The first kappa shape index (κ1) is 16.7. The summed E-state index contributed by atoms with van der Waals surface area (Å²) in [7, 11) is 0. The average Bonchev–Trinajstić information content (AvgIpc) is 2.99. The zero-order valence-corrected chi connectivity index (χ0v) is 15.6. The summed E-state index contributed by atoms with van der Waals surface area (Å²) in [6, 6.07) is 7.36. The van der Waals surface area contributed by atoms with E-state index in [1.807, 2.05) is 18.2 Å². The summed E-state index contributed by atoms with van der Waals surface area (Å²) in [4.78, 5) is 19.8. The first-order valence-electron chi connectivity index (χ1n) is 7.97. The van der Waals surface area contributed by atoms with Crippen LogP contribution in [0.25, 0.3) is 21.7 Å². The van der Waals surface area contributed by atoms with Crippen molar-refractivity contribution in [2.45, 2.75) is 20.0 Å². The van der Waals surface area contributed by atoms with E-state index in [0.717, 1.165) is 15.2 Å². The molecule has 3 heterocycles. The molecule has 26 heavy (non-hydrogen) atoms. The van der Waals surface area contributed by atoms with Gasteiger partial charge in [0.25, 0.3) is 5.56 Å². The van der Waals surface area contributed by atoms with E-state index in [2.05, 4.69) is 36.4 Å². The fraction of sp³-hybridized carbons (Fsp3) is 0.167. The fourth-order valence-electron chi connectivity index (χ4n) is 2.97. The van der Waals surface area contributed by atoms with Crippen LogP contribution in [0.1, 0.15) is 24.4 Å². The quantitative estimate of drug-likeness (QED) is 0.438. The van der Waals surface area contributed by atoms with Crippen LogP contribution in [0.2, 0.25) is 0 Å².